The van der Waals surface area contributed by atoms with Crippen LogP contribution < -0.4 is 0 Å². The lowest BCUT2D eigenvalue weighted by Gasteiger charge is -2.20. The first-order valence-corrected chi connectivity index (χ1v) is 15.5. The van der Waals surface area contributed by atoms with E-state index in [0.29, 0.717) is 0 Å². The second-order valence-corrected chi connectivity index (χ2v) is 15.9. The average Bonchev–Trinajstić information content (AvgIpc) is 2.88. The van der Waals surface area contributed by atoms with E-state index in [4.69, 9.17) is 0 Å². The second-order valence-electron chi connectivity index (χ2n) is 15.9. The third kappa shape index (κ3) is 11.3. The number of rotatable bonds is 1. The van der Waals surface area contributed by atoms with E-state index in [0.717, 1.165) is 0 Å². The molecule has 0 N–H and O–H groups in total. The van der Waals surface area contributed by atoms with Crippen LogP contribution in [0.2, 0.25) is 0 Å². The third-order valence-electron chi connectivity index (χ3n) is 7.67. The fraction of sp³-hybridized carbons (Fsp3) is 0.429. The highest BCUT2D eigenvalue weighted by Crippen LogP contribution is 2.29. The lowest BCUT2D eigenvalue weighted by atomic mass is 9.85. The molecule has 0 aliphatic rings. The molecule has 0 aliphatic carbocycles. The van der Waals surface area contributed by atoms with E-state index in [2.05, 4.69) is 194 Å². The van der Waals surface area contributed by atoms with E-state index in [1.807, 2.05) is 0 Å². The zero-order chi connectivity index (χ0) is 31.9. The van der Waals surface area contributed by atoms with Crippen molar-refractivity contribution < 1.29 is 0 Å². The summed E-state index contributed by atoms with van der Waals surface area (Å²) in [5, 5.41) is 0. The van der Waals surface area contributed by atoms with E-state index < -0.39 is 0 Å². The summed E-state index contributed by atoms with van der Waals surface area (Å²) in [7, 11) is 0. The molecule has 0 aliphatic heterocycles. The molecule has 0 amide bonds. The molecule has 0 radical (unpaired) electrons. The van der Waals surface area contributed by atoms with Gasteiger partial charge in [-0.1, -0.05) is 191 Å². The van der Waals surface area contributed by atoms with E-state index in [9.17, 15) is 0 Å². The molecule has 0 aromatic heterocycles. The maximum Gasteiger partial charge on any atom is -0.0132 e. The fourth-order valence-electron chi connectivity index (χ4n) is 4.43. The van der Waals surface area contributed by atoms with Gasteiger partial charge in [-0.15, -0.1) is 0 Å². The Labute approximate surface area is 259 Å². The van der Waals surface area contributed by atoms with Crippen molar-refractivity contribution in [1.82, 2.24) is 0 Å². The second kappa shape index (κ2) is 13.9. The van der Waals surface area contributed by atoms with Gasteiger partial charge in [-0.25, -0.2) is 0 Å². The van der Waals surface area contributed by atoms with Crippen LogP contribution in [0.3, 0.4) is 0 Å². The predicted molar refractivity (Wildman–Crippen MR) is 189 cm³/mol. The van der Waals surface area contributed by atoms with Crippen molar-refractivity contribution in [3.63, 3.8) is 0 Å². The summed E-state index contributed by atoms with van der Waals surface area (Å²) in [6, 6.07) is 35.4. The Morgan fingerprint density at radius 3 is 0.595 bits per heavy atom. The Hall–Kier alpha value is -3.12. The SMILES string of the molecule is CC(C)(C)c1ccc(-c2ccc(C(C)(C)C)cc2)cc1.Cc1ccc(C(C)(C)C)cc1.Cc1ccc(C(C)(C)C)cc1. The van der Waals surface area contributed by atoms with Gasteiger partial charge in [0.2, 0.25) is 0 Å². The smallest absolute Gasteiger partial charge is 0.0132 e. The van der Waals surface area contributed by atoms with E-state index in [-0.39, 0.29) is 21.7 Å². The Balaban J connectivity index is 0.000000239. The zero-order valence-corrected chi connectivity index (χ0v) is 29.2. The molecule has 4 rings (SSSR count). The van der Waals surface area contributed by atoms with Crippen LogP contribution >= 0.6 is 0 Å². The first-order chi connectivity index (χ1) is 19.2. The summed E-state index contributed by atoms with van der Waals surface area (Å²) in [4.78, 5) is 0. The van der Waals surface area contributed by atoms with Crippen molar-refractivity contribution in [3.8, 4) is 11.1 Å². The van der Waals surface area contributed by atoms with Gasteiger partial charge in [0, 0.05) is 0 Å². The van der Waals surface area contributed by atoms with E-state index >= 15 is 0 Å². The van der Waals surface area contributed by atoms with Crippen molar-refractivity contribution in [2.45, 2.75) is 119 Å². The van der Waals surface area contributed by atoms with Gasteiger partial charge < -0.3 is 0 Å². The molecule has 0 heterocycles. The van der Waals surface area contributed by atoms with Crippen LogP contribution in [0.25, 0.3) is 11.1 Å². The van der Waals surface area contributed by atoms with Crippen molar-refractivity contribution in [2.24, 2.45) is 0 Å². The molecule has 4 aromatic rings. The predicted octanol–water partition coefficient (Wildman–Crippen LogP) is 12.5. The van der Waals surface area contributed by atoms with Crippen molar-refractivity contribution in [3.05, 3.63) is 130 Å². The molecule has 0 unspecified atom stereocenters. The quantitative estimate of drug-likeness (QED) is 0.216. The normalized spacial score (nSPS) is 12.0. The highest BCUT2D eigenvalue weighted by molar-refractivity contribution is 5.64. The van der Waals surface area contributed by atoms with Crippen LogP contribution in [0.15, 0.2) is 97.1 Å². The summed E-state index contributed by atoms with van der Waals surface area (Å²) in [5.41, 5.74) is 11.8. The third-order valence-corrected chi connectivity index (χ3v) is 7.67. The highest BCUT2D eigenvalue weighted by Gasteiger charge is 2.15. The molecule has 0 saturated heterocycles. The first kappa shape index (κ1) is 35.1. The summed E-state index contributed by atoms with van der Waals surface area (Å²) in [5.74, 6) is 0. The van der Waals surface area contributed by atoms with Gasteiger partial charge in [0.15, 0.2) is 0 Å². The van der Waals surface area contributed by atoms with Gasteiger partial charge in [0.05, 0.1) is 0 Å². The van der Waals surface area contributed by atoms with E-state index in [1.165, 1.54) is 44.5 Å². The summed E-state index contributed by atoms with van der Waals surface area (Å²) >= 11 is 0. The monoisotopic (exact) mass is 562 g/mol. The summed E-state index contributed by atoms with van der Waals surface area (Å²) < 4.78 is 0. The average molecular weight is 563 g/mol. The van der Waals surface area contributed by atoms with Gasteiger partial charge in [0.25, 0.3) is 0 Å². The molecular weight excluding hydrogens is 504 g/mol. The van der Waals surface area contributed by atoms with Gasteiger partial charge in [-0.2, -0.15) is 0 Å². The molecule has 0 fully saturated rings. The maximum atomic E-state index is 2.25. The lowest BCUT2D eigenvalue weighted by Crippen LogP contribution is -2.10. The number of hydrogen-bond acceptors (Lipinski definition) is 0. The van der Waals surface area contributed by atoms with Crippen LogP contribution in [0.5, 0.6) is 0 Å². The van der Waals surface area contributed by atoms with Crippen LogP contribution in [0, 0.1) is 13.8 Å². The zero-order valence-electron chi connectivity index (χ0n) is 29.2. The molecule has 0 atom stereocenters. The molecule has 226 valence electrons. The number of benzene rings is 4. The molecule has 0 spiro atoms. The standard InChI is InChI=1S/C20H26.2C11H16/c1-19(2,3)17-11-7-15(8-12-17)16-9-13-18(14-10-16)20(4,5)6;2*1-9-5-7-10(8-6-9)11(2,3)4/h7-14H,1-6H3;2*5-8H,1-4H3. The van der Waals surface area contributed by atoms with Crippen LogP contribution in [0.1, 0.15) is 116 Å². The van der Waals surface area contributed by atoms with Crippen molar-refractivity contribution >= 4 is 0 Å². The Bertz CT molecular complexity index is 1230. The molecule has 42 heavy (non-hydrogen) atoms. The largest absolute Gasteiger partial charge is 0.0590 e. The Kier molecular flexibility index (Phi) is 11.6. The molecule has 0 saturated carbocycles. The van der Waals surface area contributed by atoms with E-state index in [1.54, 1.807) is 0 Å². The Morgan fingerprint density at radius 1 is 0.262 bits per heavy atom. The summed E-state index contributed by atoms with van der Waals surface area (Å²) in [6.45, 7) is 31.1. The molecular formula is C42H58. The minimum absolute atomic E-state index is 0.217. The minimum atomic E-state index is 0.217. The molecule has 0 nitrogen and oxygen atoms in total. The van der Waals surface area contributed by atoms with Gasteiger partial charge >= 0.3 is 0 Å². The molecule has 0 heteroatoms. The van der Waals surface area contributed by atoms with Gasteiger partial charge in [-0.05, 0) is 68.9 Å². The summed E-state index contributed by atoms with van der Waals surface area (Å²) in [6.07, 6.45) is 0. The molecule has 4 aromatic carbocycles. The number of aryl methyl sites for hydroxylation is 2. The Morgan fingerprint density at radius 2 is 0.429 bits per heavy atom. The lowest BCUT2D eigenvalue weighted by molar-refractivity contribution is 0.590. The number of hydrogen-bond donors (Lipinski definition) is 0. The van der Waals surface area contributed by atoms with Gasteiger partial charge in [0.1, 0.15) is 0 Å². The van der Waals surface area contributed by atoms with Crippen molar-refractivity contribution in [2.75, 3.05) is 0 Å². The highest BCUT2D eigenvalue weighted by atomic mass is 14.2. The van der Waals surface area contributed by atoms with Crippen LogP contribution in [-0.4, -0.2) is 0 Å². The molecule has 0 bridgehead atoms. The fourth-order valence-corrected chi connectivity index (χ4v) is 4.43. The van der Waals surface area contributed by atoms with Crippen molar-refractivity contribution in [1.29, 1.82) is 0 Å². The minimum Gasteiger partial charge on any atom is -0.0590 e. The van der Waals surface area contributed by atoms with Crippen LogP contribution in [-0.2, 0) is 21.7 Å². The first-order valence-electron chi connectivity index (χ1n) is 15.5. The van der Waals surface area contributed by atoms with Crippen LogP contribution in [0.4, 0.5) is 0 Å². The topological polar surface area (TPSA) is 0 Å². The maximum absolute atomic E-state index is 2.25. The van der Waals surface area contributed by atoms with Gasteiger partial charge in [-0.3, -0.25) is 0 Å².